The first-order valence-electron chi connectivity index (χ1n) is 4.07. The molecule has 0 spiro atoms. The van der Waals surface area contributed by atoms with E-state index in [1.54, 1.807) is 6.33 Å². The Kier molecular flexibility index (Phi) is 2.33. The summed E-state index contributed by atoms with van der Waals surface area (Å²) in [6, 6.07) is 4.13. The molecule has 4 heteroatoms. The lowest BCUT2D eigenvalue weighted by atomic mass is 10.2. The first kappa shape index (κ1) is 8.72. The zero-order valence-electron chi connectivity index (χ0n) is 7.26. The molecule has 1 aromatic heterocycles. The molecule has 0 saturated heterocycles. The van der Waals surface area contributed by atoms with E-state index in [4.69, 9.17) is 0 Å². The van der Waals surface area contributed by atoms with Crippen LogP contribution < -0.4 is 5.32 Å². The summed E-state index contributed by atoms with van der Waals surface area (Å²) in [6.45, 7) is 0.857. The Hall–Kier alpha value is -0.870. The third-order valence-electron chi connectivity index (χ3n) is 1.96. The minimum Gasteiger partial charge on any atom is -0.345 e. The van der Waals surface area contributed by atoms with E-state index in [-0.39, 0.29) is 0 Å². The predicted molar refractivity (Wildman–Crippen MR) is 56.6 cm³/mol. The van der Waals surface area contributed by atoms with Crippen molar-refractivity contribution in [2.75, 3.05) is 7.05 Å². The number of rotatable bonds is 2. The third kappa shape index (κ3) is 1.59. The standard InChI is InChI=1S/C9H10BrN3/c1-11-4-6-2-8-9(3-7(6)10)13-5-12-8/h2-3,5,11H,4H2,1H3,(H,12,13). The maximum absolute atomic E-state index is 4.17. The number of aromatic nitrogens is 2. The summed E-state index contributed by atoms with van der Waals surface area (Å²) in [5.74, 6) is 0. The van der Waals surface area contributed by atoms with Crippen LogP contribution in [0.15, 0.2) is 22.9 Å². The van der Waals surface area contributed by atoms with Crippen LogP contribution in [-0.2, 0) is 6.54 Å². The second-order valence-corrected chi connectivity index (χ2v) is 3.75. The second-order valence-electron chi connectivity index (χ2n) is 2.89. The number of nitrogens with one attached hydrogen (secondary N) is 2. The Bertz CT molecular complexity index is 422. The van der Waals surface area contributed by atoms with Gasteiger partial charge in [-0.1, -0.05) is 15.9 Å². The number of fused-ring (bicyclic) bond motifs is 1. The van der Waals surface area contributed by atoms with Crippen molar-refractivity contribution in [2.24, 2.45) is 0 Å². The smallest absolute Gasteiger partial charge is 0.0931 e. The fourth-order valence-corrected chi connectivity index (χ4v) is 1.80. The molecule has 0 bridgehead atoms. The maximum Gasteiger partial charge on any atom is 0.0931 e. The Morgan fingerprint density at radius 1 is 1.54 bits per heavy atom. The lowest BCUT2D eigenvalue weighted by molar-refractivity contribution is 0.815. The summed E-state index contributed by atoms with van der Waals surface area (Å²) in [7, 11) is 1.93. The zero-order chi connectivity index (χ0) is 9.26. The van der Waals surface area contributed by atoms with Gasteiger partial charge >= 0.3 is 0 Å². The van der Waals surface area contributed by atoms with Crippen LogP contribution >= 0.6 is 15.9 Å². The van der Waals surface area contributed by atoms with Crippen LogP contribution in [0.25, 0.3) is 11.0 Å². The van der Waals surface area contributed by atoms with Crippen LogP contribution in [0, 0.1) is 0 Å². The van der Waals surface area contributed by atoms with Gasteiger partial charge in [-0.25, -0.2) is 4.98 Å². The van der Waals surface area contributed by atoms with Crippen LogP contribution in [0.2, 0.25) is 0 Å². The molecule has 0 unspecified atom stereocenters. The number of imidazole rings is 1. The van der Waals surface area contributed by atoms with E-state index in [0.29, 0.717) is 0 Å². The molecular formula is C9H10BrN3. The quantitative estimate of drug-likeness (QED) is 0.843. The normalized spacial score (nSPS) is 10.9. The number of hydrogen-bond acceptors (Lipinski definition) is 2. The van der Waals surface area contributed by atoms with Crippen molar-refractivity contribution in [2.45, 2.75) is 6.54 Å². The summed E-state index contributed by atoms with van der Waals surface area (Å²) >= 11 is 3.51. The molecule has 0 fully saturated rings. The number of aromatic amines is 1. The number of H-pyrrole nitrogens is 1. The highest BCUT2D eigenvalue weighted by molar-refractivity contribution is 9.10. The summed E-state index contributed by atoms with van der Waals surface area (Å²) < 4.78 is 1.10. The molecule has 0 aliphatic heterocycles. The van der Waals surface area contributed by atoms with E-state index >= 15 is 0 Å². The van der Waals surface area contributed by atoms with Crippen LogP contribution in [-0.4, -0.2) is 17.0 Å². The Balaban J connectivity index is 2.56. The van der Waals surface area contributed by atoms with Gasteiger partial charge in [-0.3, -0.25) is 0 Å². The van der Waals surface area contributed by atoms with Crippen molar-refractivity contribution in [3.8, 4) is 0 Å². The van der Waals surface area contributed by atoms with Crippen molar-refractivity contribution in [3.05, 3.63) is 28.5 Å². The number of benzene rings is 1. The topological polar surface area (TPSA) is 40.7 Å². The fraction of sp³-hybridized carbons (Fsp3) is 0.222. The lowest BCUT2D eigenvalue weighted by Crippen LogP contribution is -2.05. The molecule has 3 nitrogen and oxygen atoms in total. The molecule has 13 heavy (non-hydrogen) atoms. The monoisotopic (exact) mass is 239 g/mol. The zero-order valence-corrected chi connectivity index (χ0v) is 8.85. The highest BCUT2D eigenvalue weighted by atomic mass is 79.9. The molecule has 1 heterocycles. The first-order chi connectivity index (χ1) is 6.31. The molecule has 0 saturated carbocycles. The van der Waals surface area contributed by atoms with Gasteiger partial charge in [0.1, 0.15) is 0 Å². The second kappa shape index (κ2) is 3.47. The molecule has 0 aliphatic rings. The lowest BCUT2D eigenvalue weighted by Gasteiger charge is -2.02. The summed E-state index contributed by atoms with van der Waals surface area (Å²) in [6.07, 6.45) is 1.71. The number of hydrogen-bond donors (Lipinski definition) is 2. The first-order valence-corrected chi connectivity index (χ1v) is 4.86. The van der Waals surface area contributed by atoms with E-state index in [0.717, 1.165) is 22.1 Å². The van der Waals surface area contributed by atoms with Crippen molar-refractivity contribution >= 4 is 27.0 Å². The van der Waals surface area contributed by atoms with Gasteiger partial charge in [-0.15, -0.1) is 0 Å². The molecule has 0 atom stereocenters. The largest absolute Gasteiger partial charge is 0.345 e. The molecule has 0 radical (unpaired) electrons. The molecule has 1 aromatic carbocycles. The minimum absolute atomic E-state index is 0.857. The molecule has 2 aromatic rings. The van der Waals surface area contributed by atoms with Gasteiger partial charge in [0.15, 0.2) is 0 Å². The van der Waals surface area contributed by atoms with Gasteiger partial charge in [0.05, 0.1) is 17.4 Å². The van der Waals surface area contributed by atoms with Gasteiger partial charge in [0, 0.05) is 11.0 Å². The van der Waals surface area contributed by atoms with Crippen molar-refractivity contribution < 1.29 is 0 Å². The molecule has 0 amide bonds. The van der Waals surface area contributed by atoms with Crippen LogP contribution in [0.3, 0.4) is 0 Å². The van der Waals surface area contributed by atoms with Gasteiger partial charge in [0.25, 0.3) is 0 Å². The molecular weight excluding hydrogens is 230 g/mol. The molecule has 68 valence electrons. The fourth-order valence-electron chi connectivity index (χ4n) is 1.33. The van der Waals surface area contributed by atoms with Gasteiger partial charge in [-0.2, -0.15) is 0 Å². The number of nitrogens with zero attached hydrogens (tertiary/aromatic N) is 1. The molecule has 2 N–H and O–H groups in total. The summed E-state index contributed by atoms with van der Waals surface area (Å²) in [4.78, 5) is 7.26. The van der Waals surface area contributed by atoms with Gasteiger partial charge in [0.2, 0.25) is 0 Å². The highest BCUT2D eigenvalue weighted by Gasteiger charge is 2.02. The van der Waals surface area contributed by atoms with Crippen molar-refractivity contribution in [1.29, 1.82) is 0 Å². The Labute approximate surface area is 84.7 Å². The molecule has 0 aliphatic carbocycles. The van der Waals surface area contributed by atoms with E-state index in [2.05, 4.69) is 37.3 Å². The SMILES string of the molecule is CNCc1cc2[nH]cnc2cc1Br. The third-order valence-corrected chi connectivity index (χ3v) is 2.69. The highest BCUT2D eigenvalue weighted by Crippen LogP contribution is 2.21. The summed E-state index contributed by atoms with van der Waals surface area (Å²) in [5.41, 5.74) is 3.31. The van der Waals surface area contributed by atoms with Crippen LogP contribution in [0.5, 0.6) is 0 Å². The van der Waals surface area contributed by atoms with E-state index in [1.807, 2.05) is 13.1 Å². The predicted octanol–water partition coefficient (Wildman–Crippen LogP) is 2.04. The van der Waals surface area contributed by atoms with E-state index in [9.17, 15) is 0 Å². The average molecular weight is 240 g/mol. The maximum atomic E-state index is 4.17. The Morgan fingerprint density at radius 2 is 2.38 bits per heavy atom. The van der Waals surface area contributed by atoms with E-state index < -0.39 is 0 Å². The van der Waals surface area contributed by atoms with Crippen molar-refractivity contribution in [1.82, 2.24) is 15.3 Å². The van der Waals surface area contributed by atoms with Gasteiger partial charge < -0.3 is 10.3 Å². The van der Waals surface area contributed by atoms with Gasteiger partial charge in [-0.05, 0) is 24.7 Å². The molecule has 2 rings (SSSR count). The van der Waals surface area contributed by atoms with Crippen LogP contribution in [0.1, 0.15) is 5.56 Å². The summed E-state index contributed by atoms with van der Waals surface area (Å²) in [5, 5.41) is 3.12. The Morgan fingerprint density at radius 3 is 3.15 bits per heavy atom. The minimum atomic E-state index is 0.857. The average Bonchev–Trinajstić information content (AvgIpc) is 2.52. The van der Waals surface area contributed by atoms with E-state index in [1.165, 1.54) is 5.56 Å². The van der Waals surface area contributed by atoms with Crippen molar-refractivity contribution in [3.63, 3.8) is 0 Å². The number of halogens is 1. The van der Waals surface area contributed by atoms with Crippen LogP contribution in [0.4, 0.5) is 0 Å².